The van der Waals surface area contributed by atoms with E-state index in [1.54, 1.807) is 0 Å². The summed E-state index contributed by atoms with van der Waals surface area (Å²) < 4.78 is 8.88. The van der Waals surface area contributed by atoms with Crippen LogP contribution in [0.4, 0.5) is 0 Å². The molecule has 0 amide bonds. The normalized spacial score (nSPS) is 9.20. The maximum Gasteiger partial charge on any atom is 0.466 e. The Morgan fingerprint density at radius 2 is 1.20 bits per heavy atom. The Morgan fingerprint density at radius 3 is 1.35 bits per heavy atom. The van der Waals surface area contributed by atoms with Crippen molar-refractivity contribution in [2.75, 3.05) is 0 Å². The van der Waals surface area contributed by atoms with Crippen LogP contribution in [0, 0.1) is 0 Å². The summed E-state index contributed by atoms with van der Waals surface area (Å²) in [5, 5.41) is 16.3. The van der Waals surface area contributed by atoms with Gasteiger partial charge in [0.2, 0.25) is 0 Å². The first-order chi connectivity index (χ1) is 6.54. The lowest BCUT2D eigenvalue weighted by molar-refractivity contribution is -0.139. The van der Waals surface area contributed by atoms with E-state index in [9.17, 15) is 9.59 Å². The van der Waals surface area contributed by atoms with Crippen molar-refractivity contribution in [2.45, 2.75) is 18.9 Å². The third-order valence-electron chi connectivity index (χ3n) is 0.986. The predicted octanol–water partition coefficient (Wildman–Crippen LogP) is -0.855. The van der Waals surface area contributed by atoms with E-state index in [4.69, 9.17) is 35.2 Å². The topological polar surface area (TPSA) is 353 Å². The van der Waals surface area contributed by atoms with Gasteiger partial charge in [-0.25, -0.2) is 4.57 Å². The molecule has 130 valence electrons. The molecule has 0 aromatic carbocycles. The molecule has 0 rings (SSSR count). The number of carboxylic acids is 2. The molecule has 0 aliphatic rings. The molecule has 0 fully saturated rings. The summed E-state index contributed by atoms with van der Waals surface area (Å²) in [5.41, 5.74) is 5.00. The Bertz CT molecular complexity index is 264. The molecule has 0 saturated heterocycles. The first kappa shape index (κ1) is 42.8. The highest BCUT2D eigenvalue weighted by atomic mass is 31.2. The quantitative estimate of drug-likeness (QED) is 0.279. The van der Waals surface area contributed by atoms with Gasteiger partial charge < -0.3 is 61.4 Å². The van der Waals surface area contributed by atoms with Gasteiger partial charge in [0, 0.05) is 6.42 Å². The molecule has 0 aliphatic heterocycles. The molecule has 0 saturated carbocycles. The first-order valence-corrected chi connectivity index (χ1v) is 5.09. The minimum atomic E-state index is -4.64. The molecular formula is C5H27N6O8P. The molecule has 22 N–H and O–H groups in total. The highest BCUT2D eigenvalue weighted by Gasteiger charge is 2.12. The summed E-state index contributed by atoms with van der Waals surface area (Å²) in [6.07, 6.45) is -0.224. The van der Waals surface area contributed by atoms with Crippen LogP contribution < -0.4 is 36.5 Å². The summed E-state index contributed by atoms with van der Waals surface area (Å²) >= 11 is 0. The van der Waals surface area contributed by atoms with Crippen LogP contribution in [-0.4, -0.2) is 42.9 Å². The first-order valence-electron chi connectivity index (χ1n) is 3.52. The van der Waals surface area contributed by atoms with Crippen LogP contribution in [0.2, 0.25) is 0 Å². The lowest BCUT2D eigenvalue weighted by Gasteiger charge is -2.01. The molecule has 14 nitrogen and oxygen atoms in total. The van der Waals surface area contributed by atoms with Crippen molar-refractivity contribution in [3.05, 3.63) is 0 Å². The summed E-state index contributed by atoms with van der Waals surface area (Å²) in [6, 6.07) is -1.06. The smallest absolute Gasteiger partial charge is 0.466 e. The maximum absolute atomic E-state index is 9.99. The summed E-state index contributed by atoms with van der Waals surface area (Å²) in [7, 11) is -4.64. The second kappa shape index (κ2) is 20.1. The largest absolute Gasteiger partial charge is 0.481 e. The molecule has 0 heterocycles. The molecule has 15 heteroatoms. The third kappa shape index (κ3) is 68.9. The Balaban J connectivity index is -0.0000000303. The van der Waals surface area contributed by atoms with Crippen LogP contribution in [0.15, 0.2) is 0 Å². The van der Waals surface area contributed by atoms with E-state index in [0.29, 0.717) is 0 Å². The van der Waals surface area contributed by atoms with Crippen molar-refractivity contribution in [2.24, 2.45) is 5.73 Å². The van der Waals surface area contributed by atoms with E-state index in [0.717, 1.165) is 0 Å². The van der Waals surface area contributed by atoms with Crippen LogP contribution in [-0.2, 0) is 14.2 Å². The molecule has 0 spiro atoms. The molecular weight excluding hydrogens is 303 g/mol. The molecule has 0 bridgehead atoms. The fourth-order valence-electron chi connectivity index (χ4n) is 0.402. The lowest BCUT2D eigenvalue weighted by Crippen LogP contribution is -2.30. The molecule has 0 radical (unpaired) electrons. The maximum atomic E-state index is 9.99. The van der Waals surface area contributed by atoms with Crippen molar-refractivity contribution < 1.29 is 39.0 Å². The van der Waals surface area contributed by atoms with E-state index in [1.165, 1.54) is 0 Å². The van der Waals surface area contributed by atoms with Gasteiger partial charge in [-0.05, 0) is 6.42 Å². The van der Waals surface area contributed by atoms with Gasteiger partial charge in [0.15, 0.2) is 0 Å². The molecule has 1 unspecified atom stereocenters. The Hall–Kier alpha value is -1.19. The van der Waals surface area contributed by atoms with Gasteiger partial charge in [-0.3, -0.25) is 9.59 Å². The molecule has 0 aromatic rings. The fraction of sp³-hybridized carbons (Fsp3) is 0.600. The van der Waals surface area contributed by atoms with Gasteiger partial charge in [-0.2, -0.15) is 0 Å². The Morgan fingerprint density at radius 1 is 0.950 bits per heavy atom. The Kier molecular flexibility index (Phi) is 43.1. The van der Waals surface area contributed by atoms with Gasteiger partial charge in [0.05, 0.1) is 0 Å². The SMILES string of the molecule is N.N.N.N.N.NC(CCC(=O)O)C(=O)O.O=P(O)(O)O. The average Bonchev–Trinajstić information content (AvgIpc) is 1.96. The fourth-order valence-corrected chi connectivity index (χ4v) is 0.402. The lowest BCUT2D eigenvalue weighted by atomic mass is 10.2. The van der Waals surface area contributed by atoms with Gasteiger partial charge in [0.1, 0.15) is 6.04 Å². The summed E-state index contributed by atoms with van der Waals surface area (Å²) in [5.74, 6) is -2.20. The molecule has 1 atom stereocenters. The zero-order valence-corrected chi connectivity index (χ0v) is 11.9. The number of nitrogens with two attached hydrogens (primary N) is 1. The minimum Gasteiger partial charge on any atom is -0.481 e. The zero-order valence-electron chi connectivity index (χ0n) is 11.0. The second-order valence-corrected chi connectivity index (χ2v) is 3.42. The number of phosphoric acid groups is 1. The van der Waals surface area contributed by atoms with Gasteiger partial charge in [-0.15, -0.1) is 0 Å². The average molecular weight is 330 g/mol. The molecule has 20 heavy (non-hydrogen) atoms. The van der Waals surface area contributed by atoms with Crippen molar-refractivity contribution in [1.82, 2.24) is 30.8 Å². The number of hydrogen-bond acceptors (Lipinski definition) is 9. The van der Waals surface area contributed by atoms with E-state index < -0.39 is 25.8 Å². The van der Waals surface area contributed by atoms with Crippen LogP contribution in [0.5, 0.6) is 0 Å². The molecule has 0 aromatic heterocycles. The van der Waals surface area contributed by atoms with Crippen molar-refractivity contribution in [1.29, 1.82) is 0 Å². The second-order valence-electron chi connectivity index (χ2n) is 2.39. The third-order valence-corrected chi connectivity index (χ3v) is 0.986. The van der Waals surface area contributed by atoms with Crippen LogP contribution in [0.25, 0.3) is 0 Å². The highest BCUT2D eigenvalue weighted by Crippen LogP contribution is 2.25. The van der Waals surface area contributed by atoms with Gasteiger partial charge >= 0.3 is 19.8 Å². The van der Waals surface area contributed by atoms with Crippen LogP contribution >= 0.6 is 7.82 Å². The highest BCUT2D eigenvalue weighted by molar-refractivity contribution is 7.45. The van der Waals surface area contributed by atoms with Gasteiger partial charge in [-0.1, -0.05) is 0 Å². The van der Waals surface area contributed by atoms with E-state index in [1.807, 2.05) is 0 Å². The van der Waals surface area contributed by atoms with Crippen LogP contribution in [0.3, 0.4) is 0 Å². The Labute approximate surface area is 115 Å². The van der Waals surface area contributed by atoms with E-state index in [2.05, 4.69) is 0 Å². The minimum absolute atomic E-state index is 0. The zero-order chi connectivity index (χ0) is 12.6. The van der Waals surface area contributed by atoms with Crippen LogP contribution in [0.1, 0.15) is 12.8 Å². The van der Waals surface area contributed by atoms with Crippen molar-refractivity contribution in [3.8, 4) is 0 Å². The standard InChI is InChI=1S/C5H9NO4.5H3N.H3O4P/c6-3(5(9)10)1-2-4(7)8;;;;;;1-5(2,3)4/h3H,1-2,6H2,(H,7,8)(H,9,10);5*1H3;(H3,1,2,3,4). The number of hydrogen-bond donors (Lipinski definition) is 11. The van der Waals surface area contributed by atoms with Crippen molar-refractivity contribution >= 4 is 19.8 Å². The van der Waals surface area contributed by atoms with E-state index >= 15 is 0 Å². The predicted molar refractivity (Wildman–Crippen MR) is 71.9 cm³/mol. The number of rotatable bonds is 4. The number of carboxylic acid groups (broad SMARTS) is 2. The van der Waals surface area contributed by atoms with E-state index in [-0.39, 0.29) is 43.6 Å². The summed E-state index contributed by atoms with van der Waals surface area (Å²) in [6.45, 7) is 0. The van der Waals surface area contributed by atoms with Crippen molar-refractivity contribution in [3.63, 3.8) is 0 Å². The molecule has 0 aliphatic carbocycles. The monoisotopic (exact) mass is 330 g/mol. The van der Waals surface area contributed by atoms with Gasteiger partial charge in [0.25, 0.3) is 0 Å². The summed E-state index contributed by atoms with van der Waals surface area (Å²) in [4.78, 5) is 41.4. The number of aliphatic carboxylic acids is 2. The number of carbonyl (C=O) groups is 2.